The van der Waals surface area contributed by atoms with Crippen LogP contribution in [0.2, 0.25) is 0 Å². The lowest BCUT2D eigenvalue weighted by Crippen LogP contribution is -2.25. The molecule has 6 heteroatoms. The van der Waals surface area contributed by atoms with Crippen LogP contribution in [0.25, 0.3) is 0 Å². The van der Waals surface area contributed by atoms with Crippen molar-refractivity contribution >= 4 is 11.9 Å². The van der Waals surface area contributed by atoms with Crippen molar-refractivity contribution in [1.29, 1.82) is 0 Å². The topological polar surface area (TPSA) is 71.1 Å². The molecule has 0 amide bonds. The van der Waals surface area contributed by atoms with E-state index in [1.807, 2.05) is 66.7 Å². The van der Waals surface area contributed by atoms with Crippen LogP contribution < -0.4 is 9.47 Å². The molecule has 0 spiro atoms. The highest BCUT2D eigenvalue weighted by molar-refractivity contribution is 5.71. The quantitative estimate of drug-likeness (QED) is 0.372. The summed E-state index contributed by atoms with van der Waals surface area (Å²) < 4.78 is 20.2. The fourth-order valence-electron chi connectivity index (χ4n) is 3.44. The third-order valence-electron chi connectivity index (χ3n) is 5.38. The van der Waals surface area contributed by atoms with Crippen LogP contribution >= 0.6 is 0 Å². The van der Waals surface area contributed by atoms with Crippen LogP contribution in [0, 0.1) is 0 Å². The van der Waals surface area contributed by atoms with Crippen LogP contribution in [0.4, 0.5) is 0 Å². The van der Waals surface area contributed by atoms with Gasteiger partial charge in [0.15, 0.2) is 13.2 Å². The Morgan fingerprint density at radius 3 is 1.38 bits per heavy atom. The zero-order chi connectivity index (χ0) is 23.0. The second-order valence-electron chi connectivity index (χ2n) is 7.27. The monoisotopic (exact) mass is 434 g/mol. The molecule has 0 saturated carbocycles. The van der Waals surface area contributed by atoms with E-state index < -0.39 is 17.4 Å². The minimum absolute atomic E-state index is 0.140. The number of ether oxygens (including phenoxy) is 4. The van der Waals surface area contributed by atoms with Crippen molar-refractivity contribution in [2.75, 3.05) is 27.4 Å². The number of hydrogen-bond acceptors (Lipinski definition) is 6. The van der Waals surface area contributed by atoms with Gasteiger partial charge in [-0.2, -0.15) is 0 Å². The molecule has 166 valence electrons. The van der Waals surface area contributed by atoms with Crippen LogP contribution in [0.1, 0.15) is 23.6 Å². The molecule has 3 rings (SSSR count). The molecule has 0 radical (unpaired) electrons. The number of methoxy groups -OCH3 is 2. The minimum Gasteiger partial charge on any atom is -0.482 e. The van der Waals surface area contributed by atoms with Gasteiger partial charge in [0, 0.05) is 5.41 Å². The van der Waals surface area contributed by atoms with Crippen molar-refractivity contribution in [1.82, 2.24) is 0 Å². The van der Waals surface area contributed by atoms with E-state index in [9.17, 15) is 9.59 Å². The van der Waals surface area contributed by atoms with Gasteiger partial charge in [0.05, 0.1) is 14.2 Å². The normalized spacial score (nSPS) is 10.8. The molecule has 0 N–H and O–H groups in total. The Balaban J connectivity index is 1.91. The van der Waals surface area contributed by atoms with Crippen molar-refractivity contribution in [3.8, 4) is 11.5 Å². The number of hydrogen-bond donors (Lipinski definition) is 0. The molecule has 0 fully saturated rings. The van der Waals surface area contributed by atoms with Gasteiger partial charge in [-0.05, 0) is 47.9 Å². The second kappa shape index (κ2) is 10.5. The first kappa shape index (κ1) is 22.9. The molecule has 0 atom stereocenters. The maximum Gasteiger partial charge on any atom is 0.343 e. The average Bonchev–Trinajstić information content (AvgIpc) is 2.86. The summed E-state index contributed by atoms with van der Waals surface area (Å²) in [6.45, 7) is 1.87. The van der Waals surface area contributed by atoms with Crippen LogP contribution in [0.15, 0.2) is 78.9 Å². The molecule has 3 aromatic rings. The Morgan fingerprint density at radius 1 is 0.625 bits per heavy atom. The highest BCUT2D eigenvalue weighted by Crippen LogP contribution is 2.39. The van der Waals surface area contributed by atoms with Crippen LogP contribution in [-0.4, -0.2) is 39.4 Å². The molecule has 0 aliphatic heterocycles. The number of carbonyl (C=O) groups is 2. The highest BCUT2D eigenvalue weighted by atomic mass is 16.6. The summed E-state index contributed by atoms with van der Waals surface area (Å²) in [6.07, 6.45) is 0. The lowest BCUT2D eigenvalue weighted by molar-refractivity contribution is -0.143. The Morgan fingerprint density at radius 2 is 1.00 bits per heavy atom. The molecule has 0 saturated heterocycles. The number of benzene rings is 3. The smallest absolute Gasteiger partial charge is 0.343 e. The maximum absolute atomic E-state index is 11.3. The van der Waals surface area contributed by atoms with Crippen molar-refractivity contribution in [3.05, 3.63) is 95.6 Å². The first-order chi connectivity index (χ1) is 15.5. The maximum atomic E-state index is 11.3. The lowest BCUT2D eigenvalue weighted by Gasteiger charge is -2.32. The van der Waals surface area contributed by atoms with Crippen LogP contribution in [-0.2, 0) is 24.5 Å². The van der Waals surface area contributed by atoms with Crippen molar-refractivity contribution in [3.63, 3.8) is 0 Å². The molecule has 6 nitrogen and oxygen atoms in total. The van der Waals surface area contributed by atoms with Gasteiger partial charge in [0.25, 0.3) is 0 Å². The van der Waals surface area contributed by atoms with E-state index in [0.717, 1.165) is 16.7 Å². The molecule has 0 bridgehead atoms. The number of rotatable bonds is 9. The summed E-state index contributed by atoms with van der Waals surface area (Å²) in [7, 11) is 2.65. The Bertz CT molecular complexity index is 963. The van der Waals surface area contributed by atoms with Gasteiger partial charge in [0.2, 0.25) is 0 Å². The molecule has 0 unspecified atom stereocenters. The van der Waals surface area contributed by atoms with E-state index in [2.05, 4.69) is 28.5 Å². The van der Waals surface area contributed by atoms with E-state index >= 15 is 0 Å². The summed E-state index contributed by atoms with van der Waals surface area (Å²) in [5, 5.41) is 0. The van der Waals surface area contributed by atoms with E-state index in [1.165, 1.54) is 14.2 Å². The molecule has 0 aliphatic rings. The molecule has 0 aromatic heterocycles. The van der Waals surface area contributed by atoms with E-state index in [0.29, 0.717) is 11.5 Å². The summed E-state index contributed by atoms with van der Waals surface area (Å²) >= 11 is 0. The zero-order valence-corrected chi connectivity index (χ0v) is 18.4. The predicted molar refractivity (Wildman–Crippen MR) is 120 cm³/mol. The first-order valence-electron chi connectivity index (χ1n) is 10.1. The largest absolute Gasteiger partial charge is 0.482 e. The van der Waals surface area contributed by atoms with Gasteiger partial charge >= 0.3 is 11.9 Å². The van der Waals surface area contributed by atoms with Gasteiger partial charge in [-0.15, -0.1) is 0 Å². The fourth-order valence-corrected chi connectivity index (χ4v) is 3.44. The summed E-state index contributed by atoms with van der Waals surface area (Å²) in [6, 6.07) is 25.5. The Hall–Kier alpha value is -3.80. The summed E-state index contributed by atoms with van der Waals surface area (Å²) in [4.78, 5) is 22.7. The third kappa shape index (κ3) is 5.27. The van der Waals surface area contributed by atoms with Crippen molar-refractivity contribution < 1.29 is 28.5 Å². The van der Waals surface area contributed by atoms with E-state index in [4.69, 9.17) is 9.47 Å². The van der Waals surface area contributed by atoms with Crippen LogP contribution in [0.3, 0.4) is 0 Å². The lowest BCUT2D eigenvalue weighted by atomic mass is 9.71. The predicted octanol–water partition coefficient (Wildman–Crippen LogP) is 4.14. The van der Waals surface area contributed by atoms with Crippen molar-refractivity contribution in [2.24, 2.45) is 0 Å². The van der Waals surface area contributed by atoms with Gasteiger partial charge in [-0.1, -0.05) is 54.6 Å². The summed E-state index contributed by atoms with van der Waals surface area (Å²) in [5.74, 6) is 0.303. The number of carbonyl (C=O) groups excluding carboxylic acids is 2. The van der Waals surface area contributed by atoms with E-state index in [1.54, 1.807) is 0 Å². The summed E-state index contributed by atoms with van der Waals surface area (Å²) in [5.41, 5.74) is 2.77. The standard InChI is InChI=1S/C26H26O6/c1-26(19-7-5-4-6-8-19,20-9-13-22(14-10-20)31-17-24(27)29-2)21-11-15-23(16-12-21)32-18-25(28)30-3/h4-16H,17-18H2,1-3H3. The Kier molecular flexibility index (Phi) is 7.49. The second-order valence-corrected chi connectivity index (χ2v) is 7.27. The number of esters is 2. The van der Waals surface area contributed by atoms with Crippen LogP contribution in [0.5, 0.6) is 11.5 Å². The van der Waals surface area contributed by atoms with Gasteiger partial charge in [-0.25, -0.2) is 9.59 Å². The molecular weight excluding hydrogens is 408 g/mol. The average molecular weight is 434 g/mol. The van der Waals surface area contributed by atoms with Gasteiger partial charge < -0.3 is 18.9 Å². The third-order valence-corrected chi connectivity index (χ3v) is 5.38. The van der Waals surface area contributed by atoms with Crippen molar-refractivity contribution in [2.45, 2.75) is 12.3 Å². The highest BCUT2D eigenvalue weighted by Gasteiger charge is 2.31. The SMILES string of the molecule is COC(=O)COc1ccc(C(C)(c2ccccc2)c2ccc(OCC(=O)OC)cc2)cc1. The minimum atomic E-state index is -0.455. The molecule has 32 heavy (non-hydrogen) atoms. The van der Waals surface area contributed by atoms with Gasteiger partial charge in [0.1, 0.15) is 11.5 Å². The molecule has 0 aliphatic carbocycles. The van der Waals surface area contributed by atoms with E-state index in [-0.39, 0.29) is 13.2 Å². The van der Waals surface area contributed by atoms with Gasteiger partial charge in [-0.3, -0.25) is 0 Å². The molecule has 0 heterocycles. The first-order valence-corrected chi connectivity index (χ1v) is 10.1. The molecule has 3 aromatic carbocycles. The zero-order valence-electron chi connectivity index (χ0n) is 18.4. The Labute approximate surface area is 187 Å². The fraction of sp³-hybridized carbons (Fsp3) is 0.231. The molecular formula is C26H26O6.